The number of imidazole rings is 1. The molecule has 0 fully saturated rings. The minimum atomic E-state index is -0.509. The molecule has 0 spiro atoms. The molecule has 90 valence electrons. The van der Waals surface area contributed by atoms with Crippen LogP contribution in [0.2, 0.25) is 0 Å². The van der Waals surface area contributed by atoms with Gasteiger partial charge in [-0.2, -0.15) is 0 Å². The van der Waals surface area contributed by atoms with Crippen molar-refractivity contribution in [3.63, 3.8) is 0 Å². The van der Waals surface area contributed by atoms with Crippen LogP contribution in [0.5, 0.6) is 0 Å². The Morgan fingerprint density at radius 2 is 2.44 bits per heavy atom. The topological polar surface area (TPSA) is 81.2 Å². The van der Waals surface area contributed by atoms with Crippen LogP contribution in [0, 0.1) is 15.5 Å². The third-order valence-corrected chi connectivity index (χ3v) is 4.35. The summed E-state index contributed by atoms with van der Waals surface area (Å²) < 4.78 is 2.23. The lowest BCUT2D eigenvalue weighted by atomic mass is 9.88. The molecule has 1 aromatic rings. The highest BCUT2D eigenvalue weighted by Crippen LogP contribution is 2.28. The lowest BCUT2D eigenvalue weighted by Gasteiger charge is -2.26. The van der Waals surface area contributed by atoms with Crippen LogP contribution in [0.1, 0.15) is 13.3 Å². The molecule has 1 atom stereocenters. The van der Waals surface area contributed by atoms with E-state index < -0.39 is 4.92 Å². The second-order valence-electron chi connectivity index (χ2n) is 3.76. The van der Waals surface area contributed by atoms with Crippen molar-refractivity contribution in [1.82, 2.24) is 9.55 Å². The Kier molecular flexibility index (Phi) is 4.66. The van der Waals surface area contributed by atoms with Gasteiger partial charge in [0, 0.05) is 9.84 Å². The first kappa shape index (κ1) is 13.4. The van der Waals surface area contributed by atoms with Gasteiger partial charge in [-0.3, -0.25) is 0 Å². The molecule has 7 heteroatoms. The summed E-state index contributed by atoms with van der Waals surface area (Å²) >= 11 is 2.19. The van der Waals surface area contributed by atoms with Gasteiger partial charge in [-0.05, 0) is 11.3 Å². The predicted molar refractivity (Wildman–Crippen MR) is 67.6 cm³/mol. The van der Waals surface area contributed by atoms with E-state index in [4.69, 9.17) is 0 Å². The van der Waals surface area contributed by atoms with E-state index in [0.29, 0.717) is 6.54 Å². The first-order valence-corrected chi connectivity index (χ1v) is 6.43. The summed E-state index contributed by atoms with van der Waals surface area (Å²) in [6, 6.07) is 0. The molecule has 1 unspecified atom stereocenters. The van der Waals surface area contributed by atoms with Gasteiger partial charge in [0.25, 0.3) is 0 Å². The first-order valence-electron chi connectivity index (χ1n) is 4.91. The zero-order chi connectivity index (χ0) is 12.2. The molecule has 1 rings (SSSR count). The van der Waals surface area contributed by atoms with Crippen LogP contribution in [0.15, 0.2) is 12.4 Å². The standard InChI is InChI=1S/C9H14IN3O3/c1-2-9(5-10,7-14)6-12-4-3-11-8(12)13(15)16/h3-4,14H,2,5-7H2,1H3. The van der Waals surface area contributed by atoms with E-state index in [1.54, 1.807) is 6.20 Å². The van der Waals surface area contributed by atoms with Crippen molar-refractivity contribution in [3.05, 3.63) is 22.5 Å². The van der Waals surface area contributed by atoms with Crippen LogP contribution in [-0.4, -0.2) is 30.6 Å². The highest BCUT2D eigenvalue weighted by molar-refractivity contribution is 14.1. The molecule has 6 nitrogen and oxygen atoms in total. The number of nitrogens with zero attached hydrogens (tertiary/aromatic N) is 3. The van der Waals surface area contributed by atoms with Gasteiger partial charge in [0.2, 0.25) is 0 Å². The maximum Gasteiger partial charge on any atom is 0.434 e. The Balaban J connectivity index is 2.93. The maximum absolute atomic E-state index is 10.7. The maximum atomic E-state index is 10.7. The quantitative estimate of drug-likeness (QED) is 0.370. The van der Waals surface area contributed by atoms with E-state index in [1.807, 2.05) is 6.92 Å². The van der Waals surface area contributed by atoms with Crippen LogP contribution >= 0.6 is 22.6 Å². The van der Waals surface area contributed by atoms with Gasteiger partial charge in [-0.15, -0.1) is 0 Å². The van der Waals surface area contributed by atoms with Gasteiger partial charge < -0.3 is 15.2 Å². The second-order valence-corrected chi connectivity index (χ2v) is 4.52. The zero-order valence-corrected chi connectivity index (χ0v) is 11.1. The van der Waals surface area contributed by atoms with Gasteiger partial charge >= 0.3 is 5.95 Å². The number of halogens is 1. The summed E-state index contributed by atoms with van der Waals surface area (Å²) in [5.74, 6) is -0.170. The number of alkyl halides is 1. The van der Waals surface area contributed by atoms with Gasteiger partial charge in [0.15, 0.2) is 0 Å². The van der Waals surface area contributed by atoms with Crippen molar-refractivity contribution in [2.24, 2.45) is 5.41 Å². The molecule has 1 heterocycles. The van der Waals surface area contributed by atoms with Gasteiger partial charge in [0.05, 0.1) is 13.2 Å². The molecule has 0 aromatic carbocycles. The molecule has 0 saturated heterocycles. The number of hydrogen-bond donors (Lipinski definition) is 1. The fraction of sp³-hybridized carbons (Fsp3) is 0.667. The highest BCUT2D eigenvalue weighted by Gasteiger charge is 2.30. The van der Waals surface area contributed by atoms with Crippen LogP contribution < -0.4 is 0 Å². The summed E-state index contributed by atoms with van der Waals surface area (Å²) in [6.45, 7) is 2.40. The Morgan fingerprint density at radius 1 is 1.75 bits per heavy atom. The van der Waals surface area contributed by atoms with E-state index in [9.17, 15) is 15.2 Å². The molecule has 0 amide bonds. The summed E-state index contributed by atoms with van der Waals surface area (Å²) in [5, 5.41) is 20.1. The van der Waals surface area contributed by atoms with E-state index in [-0.39, 0.29) is 18.0 Å². The fourth-order valence-electron chi connectivity index (χ4n) is 1.41. The Hall–Kier alpha value is -0.700. The fourth-order valence-corrected chi connectivity index (χ4v) is 2.43. The van der Waals surface area contributed by atoms with Gasteiger partial charge in [-0.25, -0.2) is 4.57 Å². The van der Waals surface area contributed by atoms with Gasteiger partial charge in [0.1, 0.15) is 12.4 Å². The average Bonchev–Trinajstić information content (AvgIpc) is 2.74. The van der Waals surface area contributed by atoms with Crippen LogP contribution in [0.25, 0.3) is 0 Å². The molecule has 0 aliphatic heterocycles. The summed E-state index contributed by atoms with van der Waals surface area (Å²) in [5.41, 5.74) is -0.313. The van der Waals surface area contributed by atoms with E-state index in [1.165, 1.54) is 10.8 Å². The van der Waals surface area contributed by atoms with Crippen LogP contribution in [-0.2, 0) is 6.54 Å². The molecular formula is C9H14IN3O3. The van der Waals surface area contributed by atoms with E-state index >= 15 is 0 Å². The molecular weight excluding hydrogens is 325 g/mol. The minimum Gasteiger partial charge on any atom is -0.396 e. The second kappa shape index (κ2) is 5.58. The summed E-state index contributed by atoms with van der Waals surface area (Å²) in [7, 11) is 0. The van der Waals surface area contributed by atoms with Crippen molar-refractivity contribution in [1.29, 1.82) is 0 Å². The molecule has 0 bridgehead atoms. The lowest BCUT2D eigenvalue weighted by molar-refractivity contribution is -0.397. The van der Waals surface area contributed by atoms with Crippen LogP contribution in [0.4, 0.5) is 5.95 Å². The zero-order valence-electron chi connectivity index (χ0n) is 8.97. The number of hydrogen-bond acceptors (Lipinski definition) is 4. The first-order chi connectivity index (χ1) is 7.58. The van der Waals surface area contributed by atoms with Gasteiger partial charge in [-0.1, -0.05) is 34.5 Å². The number of aliphatic hydroxyl groups excluding tert-OH is 1. The number of aromatic nitrogens is 2. The smallest absolute Gasteiger partial charge is 0.396 e. The molecule has 16 heavy (non-hydrogen) atoms. The molecule has 0 aliphatic rings. The Morgan fingerprint density at radius 3 is 2.88 bits per heavy atom. The minimum absolute atomic E-state index is 0.0156. The molecule has 0 aliphatic carbocycles. The van der Waals surface area contributed by atoms with Crippen molar-refractivity contribution < 1.29 is 10.0 Å². The number of aliphatic hydroxyl groups is 1. The van der Waals surface area contributed by atoms with E-state index in [2.05, 4.69) is 27.6 Å². The summed E-state index contributed by atoms with van der Waals surface area (Å²) in [4.78, 5) is 13.9. The van der Waals surface area contributed by atoms with Crippen molar-refractivity contribution in [2.45, 2.75) is 19.9 Å². The number of nitro groups is 1. The summed E-state index contributed by atoms with van der Waals surface area (Å²) in [6.07, 6.45) is 3.75. The Bertz CT molecular complexity index is 354. The van der Waals surface area contributed by atoms with Crippen molar-refractivity contribution in [2.75, 3.05) is 11.0 Å². The molecule has 1 aromatic heterocycles. The monoisotopic (exact) mass is 339 g/mol. The largest absolute Gasteiger partial charge is 0.434 e. The third kappa shape index (κ3) is 2.70. The SMILES string of the molecule is CCC(CO)(CI)Cn1ccnc1[N+](=O)[O-]. The van der Waals surface area contributed by atoms with Crippen molar-refractivity contribution in [3.8, 4) is 0 Å². The number of rotatable bonds is 6. The predicted octanol–water partition coefficient (Wildman–Crippen LogP) is 1.61. The molecule has 1 N–H and O–H groups in total. The van der Waals surface area contributed by atoms with Crippen molar-refractivity contribution >= 4 is 28.5 Å². The lowest BCUT2D eigenvalue weighted by Crippen LogP contribution is -2.32. The highest BCUT2D eigenvalue weighted by atomic mass is 127. The third-order valence-electron chi connectivity index (χ3n) is 2.73. The average molecular weight is 339 g/mol. The normalized spacial score (nSPS) is 14.7. The molecule has 0 radical (unpaired) electrons. The van der Waals surface area contributed by atoms with Crippen LogP contribution in [0.3, 0.4) is 0 Å². The Labute approximate surface area is 107 Å². The molecule has 0 saturated carbocycles. The van der Waals surface area contributed by atoms with E-state index in [0.717, 1.165) is 10.8 Å².